The molecule has 0 amide bonds. The summed E-state index contributed by atoms with van der Waals surface area (Å²) in [5, 5.41) is 33.8. The van der Waals surface area contributed by atoms with Gasteiger partial charge in [-0.2, -0.15) is 5.10 Å². The molecule has 3 aromatic rings. The lowest BCUT2D eigenvalue weighted by atomic mass is 9.98. The number of carbonyl (C=O) groups is 1. The van der Waals surface area contributed by atoms with Crippen LogP contribution in [-0.2, 0) is 4.79 Å². The number of hydrogen-bond acceptors (Lipinski definition) is 4. The molecule has 0 fully saturated rings. The van der Waals surface area contributed by atoms with Crippen LogP contribution in [0.1, 0.15) is 43.9 Å². The van der Waals surface area contributed by atoms with Crippen LogP contribution in [0.3, 0.4) is 0 Å². The monoisotopic (exact) mass is 438 g/mol. The second kappa shape index (κ2) is 10.3. The minimum absolute atomic E-state index is 0.0635. The van der Waals surface area contributed by atoms with Crippen molar-refractivity contribution in [2.24, 2.45) is 0 Å². The van der Waals surface area contributed by atoms with Gasteiger partial charge in [-0.3, -0.25) is 4.79 Å². The predicted octanol–water partition coefficient (Wildman–Crippen LogP) is 4.40. The number of aliphatic hydroxyl groups is 2. The van der Waals surface area contributed by atoms with E-state index in [2.05, 4.69) is 0 Å². The fraction of sp³-hybridized carbons (Fsp3) is 0.280. The quantitative estimate of drug-likeness (QED) is 0.460. The van der Waals surface area contributed by atoms with Crippen molar-refractivity contribution >= 4 is 12.0 Å². The zero-order valence-corrected chi connectivity index (χ0v) is 18.0. The van der Waals surface area contributed by atoms with E-state index in [-0.39, 0.29) is 18.2 Å². The van der Waals surface area contributed by atoms with Crippen LogP contribution < -0.4 is 0 Å². The summed E-state index contributed by atoms with van der Waals surface area (Å²) in [5.41, 5.74) is 3.90. The smallest absolute Gasteiger partial charge is 0.305 e. The van der Waals surface area contributed by atoms with Gasteiger partial charge in [0.2, 0.25) is 0 Å². The molecule has 0 radical (unpaired) electrons. The van der Waals surface area contributed by atoms with E-state index in [1.54, 1.807) is 22.9 Å². The normalized spacial score (nSPS) is 13.6. The zero-order valence-electron chi connectivity index (χ0n) is 18.0. The molecule has 0 aliphatic rings. The number of benzene rings is 2. The molecule has 2 unspecified atom stereocenters. The van der Waals surface area contributed by atoms with Gasteiger partial charge in [0.15, 0.2) is 0 Å². The van der Waals surface area contributed by atoms with Gasteiger partial charge in [-0.1, -0.05) is 44.2 Å². The van der Waals surface area contributed by atoms with E-state index in [0.29, 0.717) is 0 Å². The average molecular weight is 438 g/mol. The molecule has 0 bridgehead atoms. The third-order valence-corrected chi connectivity index (χ3v) is 5.02. The van der Waals surface area contributed by atoms with Crippen molar-refractivity contribution in [2.75, 3.05) is 0 Å². The molecule has 3 N–H and O–H groups in total. The number of halogens is 1. The molecule has 1 heterocycles. The van der Waals surface area contributed by atoms with Crippen molar-refractivity contribution in [2.45, 2.75) is 44.8 Å². The number of hydrogen-bond donors (Lipinski definition) is 3. The maximum absolute atomic E-state index is 13.6. The second-order valence-electron chi connectivity index (χ2n) is 7.97. The molecule has 2 atom stereocenters. The van der Waals surface area contributed by atoms with E-state index < -0.39 is 24.6 Å². The third kappa shape index (κ3) is 5.69. The van der Waals surface area contributed by atoms with Crippen LogP contribution in [0, 0.1) is 5.82 Å². The topological polar surface area (TPSA) is 95.6 Å². The van der Waals surface area contributed by atoms with Gasteiger partial charge in [0.05, 0.1) is 35.7 Å². The molecule has 0 aliphatic carbocycles. The second-order valence-corrected chi connectivity index (χ2v) is 7.97. The van der Waals surface area contributed by atoms with Gasteiger partial charge in [-0.25, -0.2) is 9.07 Å². The van der Waals surface area contributed by atoms with E-state index in [1.165, 1.54) is 18.2 Å². The number of nitrogens with zero attached hydrogens (tertiary/aromatic N) is 2. The van der Waals surface area contributed by atoms with Crippen LogP contribution in [0.5, 0.6) is 0 Å². The van der Waals surface area contributed by atoms with Crippen molar-refractivity contribution in [1.82, 2.24) is 9.78 Å². The van der Waals surface area contributed by atoms with Crippen LogP contribution in [0.25, 0.3) is 23.0 Å². The van der Waals surface area contributed by atoms with Crippen LogP contribution in [0.4, 0.5) is 4.39 Å². The molecule has 3 rings (SSSR count). The molecular formula is C25H27FN2O4. The van der Waals surface area contributed by atoms with Gasteiger partial charge in [-0.15, -0.1) is 0 Å². The Bertz CT molecular complexity index is 1080. The predicted molar refractivity (Wildman–Crippen MR) is 121 cm³/mol. The Morgan fingerprint density at radius 1 is 1.09 bits per heavy atom. The van der Waals surface area contributed by atoms with Crippen molar-refractivity contribution in [3.8, 4) is 16.9 Å². The summed E-state index contributed by atoms with van der Waals surface area (Å²) in [6.45, 7) is 4.02. The third-order valence-electron chi connectivity index (χ3n) is 5.02. The lowest BCUT2D eigenvalue weighted by Gasteiger charge is -2.12. The SMILES string of the molecule is CC(C)c1nn(-c2ccccc2)c(-c2ccc(F)cc2)c1/C=C/C(O)CC(O)CC(=O)O. The van der Waals surface area contributed by atoms with Crippen molar-refractivity contribution in [1.29, 1.82) is 0 Å². The Kier molecular flexibility index (Phi) is 7.56. The summed E-state index contributed by atoms with van der Waals surface area (Å²) in [4.78, 5) is 10.8. The van der Waals surface area contributed by atoms with Crippen LogP contribution >= 0.6 is 0 Å². The summed E-state index contributed by atoms with van der Waals surface area (Å²) in [6.07, 6.45) is 0.536. The van der Waals surface area contributed by atoms with E-state index in [0.717, 1.165) is 28.2 Å². The summed E-state index contributed by atoms with van der Waals surface area (Å²) in [5.74, 6) is -1.41. The van der Waals surface area contributed by atoms with Gasteiger partial charge >= 0.3 is 5.97 Å². The van der Waals surface area contributed by atoms with Crippen LogP contribution in [0.15, 0.2) is 60.7 Å². The largest absolute Gasteiger partial charge is 0.481 e. The Hall–Kier alpha value is -3.29. The molecule has 7 heteroatoms. The van der Waals surface area contributed by atoms with Crippen molar-refractivity contribution in [3.63, 3.8) is 0 Å². The van der Waals surface area contributed by atoms with Gasteiger partial charge in [0, 0.05) is 17.5 Å². The highest BCUT2D eigenvalue weighted by atomic mass is 19.1. The fourth-order valence-electron chi connectivity index (χ4n) is 3.53. The molecule has 0 saturated carbocycles. The van der Waals surface area contributed by atoms with E-state index >= 15 is 0 Å². The maximum atomic E-state index is 13.6. The summed E-state index contributed by atoms with van der Waals surface area (Å²) < 4.78 is 15.4. The van der Waals surface area contributed by atoms with Gasteiger partial charge in [0.25, 0.3) is 0 Å². The zero-order chi connectivity index (χ0) is 23.3. The molecule has 0 saturated heterocycles. The van der Waals surface area contributed by atoms with Gasteiger partial charge < -0.3 is 15.3 Å². The minimum Gasteiger partial charge on any atom is -0.481 e. The Balaban J connectivity index is 2.08. The maximum Gasteiger partial charge on any atom is 0.305 e. The summed E-state index contributed by atoms with van der Waals surface area (Å²) >= 11 is 0. The lowest BCUT2D eigenvalue weighted by molar-refractivity contribution is -0.139. The van der Waals surface area contributed by atoms with E-state index in [1.807, 2.05) is 44.2 Å². The highest BCUT2D eigenvalue weighted by molar-refractivity contribution is 5.76. The first-order valence-corrected chi connectivity index (χ1v) is 10.5. The number of aliphatic hydroxyl groups excluding tert-OH is 2. The highest BCUT2D eigenvalue weighted by Crippen LogP contribution is 2.33. The first kappa shape index (κ1) is 23.4. The summed E-state index contributed by atoms with van der Waals surface area (Å²) in [7, 11) is 0. The number of carboxylic acids is 1. The highest BCUT2D eigenvalue weighted by Gasteiger charge is 2.21. The van der Waals surface area contributed by atoms with Crippen LogP contribution in [-0.4, -0.2) is 43.3 Å². The van der Waals surface area contributed by atoms with Crippen LogP contribution in [0.2, 0.25) is 0 Å². The first-order chi connectivity index (χ1) is 15.3. The molecule has 168 valence electrons. The molecule has 0 spiro atoms. The lowest BCUT2D eigenvalue weighted by Crippen LogP contribution is -2.19. The van der Waals surface area contributed by atoms with E-state index in [9.17, 15) is 19.4 Å². The number of aromatic nitrogens is 2. The number of para-hydroxylation sites is 1. The molecule has 2 aromatic carbocycles. The molecule has 0 aliphatic heterocycles. The van der Waals surface area contributed by atoms with Gasteiger partial charge in [0.1, 0.15) is 5.82 Å². The van der Waals surface area contributed by atoms with Gasteiger partial charge in [-0.05, 0) is 42.3 Å². The molecule has 6 nitrogen and oxygen atoms in total. The molecular weight excluding hydrogens is 411 g/mol. The number of carboxylic acid groups (broad SMARTS) is 1. The Morgan fingerprint density at radius 3 is 2.34 bits per heavy atom. The standard InChI is InChI=1S/C25H27FN2O4/c1-16(2)24-22(13-12-20(29)14-21(30)15-23(31)32)25(17-8-10-18(26)11-9-17)28(27-24)19-6-4-3-5-7-19/h3-13,16,20-21,29-30H,14-15H2,1-2H3,(H,31,32)/b13-12+. The number of aliphatic carboxylic acids is 1. The Morgan fingerprint density at radius 2 is 1.75 bits per heavy atom. The minimum atomic E-state index is -1.15. The molecule has 32 heavy (non-hydrogen) atoms. The van der Waals surface area contributed by atoms with Crippen molar-refractivity contribution in [3.05, 3.63) is 77.7 Å². The number of rotatable bonds is 9. The Labute approximate surface area is 186 Å². The average Bonchev–Trinajstić information content (AvgIpc) is 3.12. The van der Waals surface area contributed by atoms with E-state index in [4.69, 9.17) is 10.2 Å². The molecule has 1 aromatic heterocycles. The summed E-state index contributed by atoms with van der Waals surface area (Å²) in [6, 6.07) is 15.7. The fourth-order valence-corrected chi connectivity index (χ4v) is 3.53. The first-order valence-electron chi connectivity index (χ1n) is 10.5. The van der Waals surface area contributed by atoms with Crippen molar-refractivity contribution < 1.29 is 24.5 Å².